The number of anilines is 1. The molecule has 0 spiro atoms. The van der Waals surface area contributed by atoms with Gasteiger partial charge in [0.05, 0.1) is 16.8 Å². The number of nitrogens with zero attached hydrogens (tertiary/aromatic N) is 1. The Morgan fingerprint density at radius 2 is 1.74 bits per heavy atom. The SMILES string of the molecule is Cc1ccc(S(=O)(=O)Nc2ccc(Oc3ccc(Cl)cc3C3CCCCC3)nc2)cc1. The van der Waals surface area contributed by atoms with Crippen LogP contribution in [0.4, 0.5) is 5.69 Å². The largest absolute Gasteiger partial charge is 0.439 e. The topological polar surface area (TPSA) is 68.3 Å². The van der Waals surface area contributed by atoms with Gasteiger partial charge in [-0.05, 0) is 67.6 Å². The molecule has 1 saturated carbocycles. The Hall–Kier alpha value is -2.57. The molecule has 1 fully saturated rings. The van der Waals surface area contributed by atoms with E-state index >= 15 is 0 Å². The molecule has 0 aliphatic heterocycles. The highest BCUT2D eigenvalue weighted by molar-refractivity contribution is 7.92. The van der Waals surface area contributed by atoms with E-state index in [-0.39, 0.29) is 4.90 Å². The lowest BCUT2D eigenvalue weighted by Crippen LogP contribution is -2.13. The average molecular weight is 457 g/mol. The van der Waals surface area contributed by atoms with E-state index in [9.17, 15) is 8.42 Å². The number of hydrogen-bond acceptors (Lipinski definition) is 4. The normalized spacial score (nSPS) is 14.9. The Labute approximate surface area is 188 Å². The second kappa shape index (κ2) is 9.28. The van der Waals surface area contributed by atoms with Crippen LogP contribution in [0, 0.1) is 6.92 Å². The zero-order valence-corrected chi connectivity index (χ0v) is 18.9. The van der Waals surface area contributed by atoms with Gasteiger partial charge in [0.2, 0.25) is 5.88 Å². The molecular formula is C24H25ClN2O3S. The molecule has 162 valence electrons. The Morgan fingerprint density at radius 1 is 1.00 bits per heavy atom. The summed E-state index contributed by atoms with van der Waals surface area (Å²) in [5.41, 5.74) is 2.48. The molecule has 0 saturated heterocycles. The molecule has 1 aliphatic carbocycles. The van der Waals surface area contributed by atoms with Crippen LogP contribution in [0.25, 0.3) is 0 Å². The van der Waals surface area contributed by atoms with Crippen LogP contribution in [0.15, 0.2) is 65.7 Å². The molecule has 0 amide bonds. The van der Waals surface area contributed by atoms with Crippen LogP contribution in [0.2, 0.25) is 5.02 Å². The van der Waals surface area contributed by atoms with E-state index in [4.69, 9.17) is 16.3 Å². The lowest BCUT2D eigenvalue weighted by Gasteiger charge is -2.24. The maximum Gasteiger partial charge on any atom is 0.261 e. The van der Waals surface area contributed by atoms with Crippen molar-refractivity contribution in [2.24, 2.45) is 0 Å². The minimum absolute atomic E-state index is 0.205. The summed E-state index contributed by atoms with van der Waals surface area (Å²) >= 11 is 6.24. The molecule has 5 nitrogen and oxygen atoms in total. The number of benzene rings is 2. The van der Waals surface area contributed by atoms with E-state index in [0.717, 1.165) is 29.7 Å². The van der Waals surface area contributed by atoms with Crippen molar-refractivity contribution in [2.45, 2.75) is 49.8 Å². The molecule has 1 aromatic heterocycles. The summed E-state index contributed by atoms with van der Waals surface area (Å²) < 4.78 is 33.7. The van der Waals surface area contributed by atoms with Crippen LogP contribution in [0.5, 0.6) is 11.6 Å². The van der Waals surface area contributed by atoms with Crippen molar-refractivity contribution in [1.82, 2.24) is 4.98 Å². The number of pyridine rings is 1. The smallest absolute Gasteiger partial charge is 0.261 e. The first-order valence-electron chi connectivity index (χ1n) is 10.4. The summed E-state index contributed by atoms with van der Waals surface area (Å²) in [7, 11) is -3.67. The third kappa shape index (κ3) is 5.38. The van der Waals surface area contributed by atoms with Gasteiger partial charge in [0.15, 0.2) is 0 Å². The molecule has 1 aliphatic rings. The average Bonchev–Trinajstić information content (AvgIpc) is 2.77. The maximum atomic E-state index is 12.6. The molecule has 7 heteroatoms. The monoisotopic (exact) mass is 456 g/mol. The van der Waals surface area contributed by atoms with E-state index in [2.05, 4.69) is 9.71 Å². The summed E-state index contributed by atoms with van der Waals surface area (Å²) in [6.45, 7) is 1.91. The fourth-order valence-corrected chi connectivity index (χ4v) is 5.11. The summed E-state index contributed by atoms with van der Waals surface area (Å²) in [4.78, 5) is 4.50. The Bertz CT molecular complexity index is 1140. The number of hydrogen-bond donors (Lipinski definition) is 1. The van der Waals surface area contributed by atoms with Crippen LogP contribution in [0.3, 0.4) is 0 Å². The zero-order chi connectivity index (χ0) is 21.8. The summed E-state index contributed by atoms with van der Waals surface area (Å²) in [6, 6.07) is 15.7. The molecule has 2 aromatic carbocycles. The first-order chi connectivity index (χ1) is 14.9. The fraction of sp³-hybridized carbons (Fsp3) is 0.292. The molecule has 0 unspecified atom stereocenters. The highest BCUT2D eigenvalue weighted by Gasteiger charge is 2.20. The molecular weight excluding hydrogens is 432 g/mol. The summed E-state index contributed by atoms with van der Waals surface area (Å²) in [5.74, 6) is 1.58. The van der Waals surface area contributed by atoms with Gasteiger partial charge in [-0.2, -0.15) is 0 Å². The van der Waals surface area contributed by atoms with Gasteiger partial charge in [0, 0.05) is 11.1 Å². The second-order valence-corrected chi connectivity index (χ2v) is 10.0. The Balaban J connectivity index is 1.50. The number of aryl methyl sites for hydroxylation is 1. The van der Waals surface area contributed by atoms with Gasteiger partial charge >= 0.3 is 0 Å². The maximum absolute atomic E-state index is 12.6. The van der Waals surface area contributed by atoms with Crippen LogP contribution in [0.1, 0.15) is 49.1 Å². The number of aromatic nitrogens is 1. The van der Waals surface area contributed by atoms with Crippen LogP contribution in [-0.2, 0) is 10.0 Å². The van der Waals surface area contributed by atoms with Crippen LogP contribution < -0.4 is 9.46 Å². The van der Waals surface area contributed by atoms with E-state index < -0.39 is 10.0 Å². The van der Waals surface area contributed by atoms with Gasteiger partial charge in [0.1, 0.15) is 5.75 Å². The minimum atomic E-state index is -3.67. The second-order valence-electron chi connectivity index (χ2n) is 7.92. The number of sulfonamides is 1. The van der Waals surface area contributed by atoms with Crippen LogP contribution >= 0.6 is 11.6 Å². The van der Waals surface area contributed by atoms with E-state index in [1.165, 1.54) is 25.5 Å². The number of halogens is 1. The first kappa shape index (κ1) is 21.7. The molecule has 1 N–H and O–H groups in total. The van der Waals surface area contributed by atoms with Gasteiger partial charge in [-0.25, -0.2) is 13.4 Å². The van der Waals surface area contributed by atoms with Gasteiger partial charge in [-0.15, -0.1) is 0 Å². The molecule has 31 heavy (non-hydrogen) atoms. The van der Waals surface area contributed by atoms with E-state index in [1.807, 2.05) is 25.1 Å². The molecule has 0 atom stereocenters. The molecule has 1 heterocycles. The van der Waals surface area contributed by atoms with Crippen molar-refractivity contribution in [3.05, 3.63) is 76.9 Å². The molecule has 0 radical (unpaired) electrons. The van der Waals surface area contributed by atoms with Gasteiger partial charge < -0.3 is 4.74 Å². The quantitative estimate of drug-likeness (QED) is 0.449. The Kier molecular flexibility index (Phi) is 6.49. The molecule has 0 bridgehead atoms. The standard InChI is InChI=1S/C24H25ClN2O3S/c1-17-7-11-21(12-8-17)31(28,29)27-20-10-14-24(26-16-20)30-23-13-9-19(25)15-22(23)18-5-3-2-4-6-18/h7-16,18,27H,2-6H2,1H3. The van der Waals surface area contributed by atoms with E-state index in [0.29, 0.717) is 22.5 Å². The van der Waals surface area contributed by atoms with E-state index in [1.54, 1.807) is 36.4 Å². The highest BCUT2D eigenvalue weighted by atomic mass is 35.5. The van der Waals surface area contributed by atoms with Crippen molar-refractivity contribution >= 4 is 27.3 Å². The summed E-state index contributed by atoms with van der Waals surface area (Å²) in [5, 5.41) is 0.696. The first-order valence-corrected chi connectivity index (χ1v) is 12.3. The fourth-order valence-electron chi connectivity index (χ4n) is 3.89. The van der Waals surface area contributed by atoms with Crippen molar-refractivity contribution in [2.75, 3.05) is 4.72 Å². The van der Waals surface area contributed by atoms with Crippen molar-refractivity contribution < 1.29 is 13.2 Å². The predicted octanol–water partition coefficient (Wildman–Crippen LogP) is 6.68. The van der Waals surface area contributed by atoms with Crippen molar-refractivity contribution in [3.8, 4) is 11.6 Å². The van der Waals surface area contributed by atoms with Crippen LogP contribution in [-0.4, -0.2) is 13.4 Å². The minimum Gasteiger partial charge on any atom is -0.439 e. The highest BCUT2D eigenvalue weighted by Crippen LogP contribution is 2.40. The Morgan fingerprint density at radius 3 is 2.42 bits per heavy atom. The van der Waals surface area contributed by atoms with Gasteiger partial charge in [-0.3, -0.25) is 4.72 Å². The van der Waals surface area contributed by atoms with Crippen molar-refractivity contribution in [3.63, 3.8) is 0 Å². The summed E-state index contributed by atoms with van der Waals surface area (Å²) in [6.07, 6.45) is 7.41. The van der Waals surface area contributed by atoms with Gasteiger partial charge in [-0.1, -0.05) is 48.6 Å². The zero-order valence-electron chi connectivity index (χ0n) is 17.3. The third-order valence-electron chi connectivity index (χ3n) is 5.55. The van der Waals surface area contributed by atoms with Crippen molar-refractivity contribution in [1.29, 1.82) is 0 Å². The lowest BCUT2D eigenvalue weighted by atomic mass is 9.84. The number of ether oxygens (including phenoxy) is 1. The third-order valence-corrected chi connectivity index (χ3v) is 7.18. The lowest BCUT2D eigenvalue weighted by molar-refractivity contribution is 0.413. The van der Waals surface area contributed by atoms with Gasteiger partial charge in [0.25, 0.3) is 10.0 Å². The molecule has 4 rings (SSSR count). The predicted molar refractivity (Wildman–Crippen MR) is 124 cm³/mol. The number of rotatable bonds is 6. The molecule has 3 aromatic rings. The number of nitrogens with one attached hydrogen (secondary N) is 1.